The lowest BCUT2D eigenvalue weighted by molar-refractivity contribution is 0.0411. The van der Waals surface area contributed by atoms with Gasteiger partial charge < -0.3 is 15.0 Å². The van der Waals surface area contributed by atoms with E-state index in [4.69, 9.17) is 4.74 Å². The molecule has 1 aromatic carbocycles. The van der Waals surface area contributed by atoms with Crippen LogP contribution in [0.4, 0.5) is 5.69 Å². The molecule has 1 fully saturated rings. The van der Waals surface area contributed by atoms with Gasteiger partial charge in [-0.05, 0) is 49.4 Å². The zero-order valence-electron chi connectivity index (χ0n) is 11.8. The Bertz CT molecular complexity index is 427. The molecule has 2 heterocycles. The quantitative estimate of drug-likeness (QED) is 0.900. The zero-order chi connectivity index (χ0) is 13.1. The molecule has 0 aliphatic carbocycles. The number of anilines is 1. The van der Waals surface area contributed by atoms with Gasteiger partial charge in [0.05, 0.1) is 6.61 Å². The SMILES string of the molecule is CN(Cc1ccc2c(c1)CCN2)CC1CCCOC1. The van der Waals surface area contributed by atoms with Crippen LogP contribution in [0.15, 0.2) is 18.2 Å². The lowest BCUT2D eigenvalue weighted by Crippen LogP contribution is -2.30. The summed E-state index contributed by atoms with van der Waals surface area (Å²) < 4.78 is 5.56. The summed E-state index contributed by atoms with van der Waals surface area (Å²) in [6, 6.07) is 6.85. The Kier molecular flexibility index (Phi) is 4.04. The fourth-order valence-corrected chi connectivity index (χ4v) is 3.22. The van der Waals surface area contributed by atoms with Crippen LogP contribution in [0.5, 0.6) is 0 Å². The van der Waals surface area contributed by atoms with Crippen LogP contribution >= 0.6 is 0 Å². The van der Waals surface area contributed by atoms with Crippen LogP contribution in [0.3, 0.4) is 0 Å². The van der Waals surface area contributed by atoms with Crippen molar-refractivity contribution in [1.29, 1.82) is 0 Å². The van der Waals surface area contributed by atoms with E-state index >= 15 is 0 Å². The number of hydrogen-bond donors (Lipinski definition) is 1. The first-order valence-corrected chi connectivity index (χ1v) is 7.43. The number of nitrogens with one attached hydrogen (secondary N) is 1. The van der Waals surface area contributed by atoms with Crippen LogP contribution in [-0.4, -0.2) is 38.3 Å². The van der Waals surface area contributed by atoms with Gasteiger partial charge in [0.25, 0.3) is 0 Å². The maximum atomic E-state index is 5.56. The van der Waals surface area contributed by atoms with Gasteiger partial charge in [0, 0.05) is 31.9 Å². The van der Waals surface area contributed by atoms with Crippen LogP contribution in [0.2, 0.25) is 0 Å². The van der Waals surface area contributed by atoms with Crippen LogP contribution in [0.1, 0.15) is 24.0 Å². The normalized spacial score (nSPS) is 22.3. The molecule has 0 bridgehead atoms. The molecule has 0 aromatic heterocycles. The van der Waals surface area contributed by atoms with Crippen LogP contribution in [-0.2, 0) is 17.7 Å². The van der Waals surface area contributed by atoms with E-state index in [-0.39, 0.29) is 0 Å². The Morgan fingerprint density at radius 2 is 2.37 bits per heavy atom. The molecule has 0 spiro atoms. The van der Waals surface area contributed by atoms with Crippen molar-refractivity contribution in [3.8, 4) is 0 Å². The number of ether oxygens (including phenoxy) is 1. The topological polar surface area (TPSA) is 24.5 Å². The average Bonchev–Trinajstić information content (AvgIpc) is 2.87. The Labute approximate surface area is 115 Å². The molecule has 2 aliphatic heterocycles. The third-order valence-electron chi connectivity index (χ3n) is 4.16. The van der Waals surface area contributed by atoms with E-state index in [1.807, 2.05) is 0 Å². The van der Waals surface area contributed by atoms with E-state index in [1.165, 1.54) is 36.1 Å². The summed E-state index contributed by atoms with van der Waals surface area (Å²) >= 11 is 0. The summed E-state index contributed by atoms with van der Waals surface area (Å²) in [4.78, 5) is 2.43. The summed E-state index contributed by atoms with van der Waals surface area (Å²) in [6.07, 6.45) is 3.71. The second kappa shape index (κ2) is 5.93. The highest BCUT2D eigenvalue weighted by Crippen LogP contribution is 2.24. The lowest BCUT2D eigenvalue weighted by Gasteiger charge is -2.27. The van der Waals surface area contributed by atoms with Gasteiger partial charge in [-0.25, -0.2) is 0 Å². The lowest BCUT2D eigenvalue weighted by atomic mass is 10.0. The van der Waals surface area contributed by atoms with E-state index in [9.17, 15) is 0 Å². The predicted molar refractivity (Wildman–Crippen MR) is 78.5 cm³/mol. The fourth-order valence-electron chi connectivity index (χ4n) is 3.22. The Morgan fingerprint density at radius 1 is 1.42 bits per heavy atom. The molecule has 3 rings (SSSR count). The predicted octanol–water partition coefficient (Wildman–Crippen LogP) is 2.51. The van der Waals surface area contributed by atoms with Crippen LogP contribution < -0.4 is 5.32 Å². The van der Waals surface area contributed by atoms with Crippen molar-refractivity contribution in [1.82, 2.24) is 4.90 Å². The molecule has 1 unspecified atom stereocenters. The summed E-state index contributed by atoms with van der Waals surface area (Å²) in [6.45, 7) is 5.18. The molecular formula is C16H24N2O. The molecule has 19 heavy (non-hydrogen) atoms. The standard InChI is InChI=1S/C16H24N2O/c1-18(11-14-3-2-8-19-12-14)10-13-4-5-16-15(9-13)6-7-17-16/h4-5,9,14,17H,2-3,6-8,10-12H2,1H3. The fraction of sp³-hybridized carbons (Fsp3) is 0.625. The summed E-state index contributed by atoms with van der Waals surface area (Å²) in [5.74, 6) is 0.717. The molecule has 104 valence electrons. The van der Waals surface area contributed by atoms with Crippen LogP contribution in [0.25, 0.3) is 0 Å². The summed E-state index contributed by atoms with van der Waals surface area (Å²) in [7, 11) is 2.22. The molecule has 3 heteroatoms. The highest BCUT2D eigenvalue weighted by atomic mass is 16.5. The maximum Gasteiger partial charge on any atom is 0.0506 e. The van der Waals surface area contributed by atoms with Crippen molar-refractivity contribution >= 4 is 5.69 Å². The monoisotopic (exact) mass is 260 g/mol. The summed E-state index contributed by atoms with van der Waals surface area (Å²) in [5, 5.41) is 3.42. The van der Waals surface area contributed by atoms with Crippen molar-refractivity contribution in [2.24, 2.45) is 5.92 Å². The Morgan fingerprint density at radius 3 is 3.21 bits per heavy atom. The largest absolute Gasteiger partial charge is 0.384 e. The Hall–Kier alpha value is -1.06. The number of nitrogens with zero attached hydrogens (tertiary/aromatic N) is 1. The van der Waals surface area contributed by atoms with Gasteiger partial charge in [-0.2, -0.15) is 0 Å². The minimum atomic E-state index is 0.717. The molecule has 0 amide bonds. The van der Waals surface area contributed by atoms with Crippen molar-refractivity contribution in [3.05, 3.63) is 29.3 Å². The van der Waals surface area contributed by atoms with Crippen molar-refractivity contribution in [2.75, 3.05) is 38.7 Å². The molecule has 0 saturated carbocycles. The van der Waals surface area contributed by atoms with E-state index in [0.29, 0.717) is 0 Å². The molecule has 1 saturated heterocycles. The van der Waals surface area contributed by atoms with Gasteiger partial charge in [0.1, 0.15) is 0 Å². The van der Waals surface area contributed by atoms with Crippen molar-refractivity contribution in [2.45, 2.75) is 25.8 Å². The van der Waals surface area contributed by atoms with Gasteiger partial charge in [-0.3, -0.25) is 0 Å². The highest BCUT2D eigenvalue weighted by Gasteiger charge is 2.16. The van der Waals surface area contributed by atoms with Gasteiger partial charge in [-0.15, -0.1) is 0 Å². The first-order valence-electron chi connectivity index (χ1n) is 7.43. The molecular weight excluding hydrogens is 236 g/mol. The smallest absolute Gasteiger partial charge is 0.0506 e. The van der Waals surface area contributed by atoms with Gasteiger partial charge >= 0.3 is 0 Å². The van der Waals surface area contributed by atoms with E-state index in [2.05, 4.69) is 35.5 Å². The summed E-state index contributed by atoms with van der Waals surface area (Å²) in [5.41, 5.74) is 4.24. The zero-order valence-corrected chi connectivity index (χ0v) is 11.8. The van der Waals surface area contributed by atoms with Crippen LogP contribution in [0, 0.1) is 5.92 Å². The minimum Gasteiger partial charge on any atom is -0.384 e. The first-order chi connectivity index (χ1) is 9.31. The number of hydrogen-bond acceptors (Lipinski definition) is 3. The second-order valence-electron chi connectivity index (χ2n) is 5.95. The van der Waals surface area contributed by atoms with Gasteiger partial charge in [0.2, 0.25) is 0 Å². The number of benzene rings is 1. The average molecular weight is 260 g/mol. The van der Waals surface area contributed by atoms with E-state index < -0.39 is 0 Å². The van der Waals surface area contributed by atoms with Crippen molar-refractivity contribution in [3.63, 3.8) is 0 Å². The van der Waals surface area contributed by atoms with E-state index in [0.717, 1.165) is 38.8 Å². The highest BCUT2D eigenvalue weighted by molar-refractivity contribution is 5.56. The second-order valence-corrected chi connectivity index (χ2v) is 5.95. The first kappa shape index (κ1) is 12.9. The maximum absolute atomic E-state index is 5.56. The molecule has 1 atom stereocenters. The van der Waals surface area contributed by atoms with Crippen molar-refractivity contribution < 1.29 is 4.74 Å². The minimum absolute atomic E-state index is 0.717. The molecule has 2 aliphatic rings. The van der Waals surface area contributed by atoms with Gasteiger partial charge in [0.15, 0.2) is 0 Å². The third kappa shape index (κ3) is 3.28. The number of rotatable bonds is 4. The third-order valence-corrected chi connectivity index (χ3v) is 4.16. The van der Waals surface area contributed by atoms with E-state index in [1.54, 1.807) is 0 Å². The number of fused-ring (bicyclic) bond motifs is 1. The molecule has 1 aromatic rings. The molecule has 1 N–H and O–H groups in total. The Balaban J connectivity index is 1.55. The van der Waals surface area contributed by atoms with Gasteiger partial charge in [-0.1, -0.05) is 12.1 Å². The molecule has 3 nitrogen and oxygen atoms in total. The molecule has 0 radical (unpaired) electrons.